The molecule has 3 aromatic rings. The first kappa shape index (κ1) is 16.7. The van der Waals surface area contributed by atoms with Gasteiger partial charge in [0.15, 0.2) is 11.5 Å². The van der Waals surface area contributed by atoms with E-state index in [0.29, 0.717) is 18.8 Å². The fourth-order valence-electron chi connectivity index (χ4n) is 3.56. The Hall–Kier alpha value is -2.72. The van der Waals surface area contributed by atoms with Gasteiger partial charge in [-0.3, -0.25) is 4.79 Å². The maximum atomic E-state index is 12.4. The average molecular weight is 368 g/mol. The molecule has 3 aromatic carbocycles. The zero-order valence-electron chi connectivity index (χ0n) is 14.3. The number of phenolic OH excluding ortho intramolecular Hbond substituents is 1. The van der Waals surface area contributed by atoms with E-state index in [1.807, 2.05) is 37.3 Å². The van der Waals surface area contributed by atoms with Gasteiger partial charge in [-0.1, -0.05) is 48.0 Å². The normalized spacial score (nSPS) is 16.2. The smallest absolute Gasteiger partial charge is 0.225 e. The van der Waals surface area contributed by atoms with Crippen LogP contribution >= 0.6 is 11.6 Å². The van der Waals surface area contributed by atoms with Crippen LogP contribution in [0.4, 0.5) is 5.69 Å². The molecule has 0 aromatic heterocycles. The van der Waals surface area contributed by atoms with Crippen molar-refractivity contribution < 1.29 is 14.6 Å². The molecule has 1 aliphatic rings. The molecular weight excluding hydrogens is 350 g/mol. The molecule has 0 unspecified atom stereocenters. The molecule has 4 rings (SSSR count). The minimum Gasteiger partial charge on any atom is -0.503 e. The number of nitrogens with one attached hydrogen (secondary N) is 1. The first-order valence-electron chi connectivity index (χ1n) is 8.55. The summed E-state index contributed by atoms with van der Waals surface area (Å²) in [5.74, 6) is 0.0706. The topological polar surface area (TPSA) is 58.6 Å². The highest BCUT2D eigenvalue weighted by Gasteiger charge is 2.29. The van der Waals surface area contributed by atoms with E-state index in [-0.39, 0.29) is 22.6 Å². The number of aromatic hydroxyl groups is 1. The number of amides is 1. The number of benzene rings is 3. The molecule has 0 fully saturated rings. The fraction of sp³-hybridized carbons (Fsp3) is 0.190. The van der Waals surface area contributed by atoms with Crippen molar-refractivity contribution in [1.82, 2.24) is 0 Å². The van der Waals surface area contributed by atoms with E-state index >= 15 is 0 Å². The minimum absolute atomic E-state index is 0.0407. The van der Waals surface area contributed by atoms with Gasteiger partial charge in [-0.15, -0.1) is 0 Å². The molecule has 4 nitrogen and oxygen atoms in total. The van der Waals surface area contributed by atoms with Gasteiger partial charge < -0.3 is 15.2 Å². The Bertz CT molecular complexity index is 1020. The van der Waals surface area contributed by atoms with Crippen molar-refractivity contribution >= 4 is 34.0 Å². The SMILES string of the molecule is CCOc1cc([C@@H]2CC(=O)Nc3c2ccc2ccccc32)cc(Cl)c1O. The summed E-state index contributed by atoms with van der Waals surface area (Å²) < 4.78 is 5.50. The summed E-state index contributed by atoms with van der Waals surface area (Å²) in [6.07, 6.45) is 0.317. The molecule has 26 heavy (non-hydrogen) atoms. The second-order valence-corrected chi connectivity index (χ2v) is 6.75. The first-order chi connectivity index (χ1) is 12.6. The van der Waals surface area contributed by atoms with Crippen molar-refractivity contribution in [2.45, 2.75) is 19.3 Å². The maximum absolute atomic E-state index is 12.4. The van der Waals surface area contributed by atoms with Gasteiger partial charge in [0.2, 0.25) is 5.91 Å². The summed E-state index contributed by atoms with van der Waals surface area (Å²) >= 11 is 6.20. The molecule has 1 aliphatic heterocycles. The standard InChI is InChI=1S/C21H18ClNO3/c1-2-26-18-10-13(9-17(22)21(18)25)16-11-19(24)23-20-14-6-4-3-5-12(14)7-8-15(16)20/h3-10,16,25H,2,11H2,1H3,(H,23,24)/t16-/m0/s1. The molecule has 1 heterocycles. The van der Waals surface area contributed by atoms with Crippen LogP contribution in [0.3, 0.4) is 0 Å². The van der Waals surface area contributed by atoms with Gasteiger partial charge in [-0.2, -0.15) is 0 Å². The molecule has 132 valence electrons. The monoisotopic (exact) mass is 367 g/mol. The number of halogens is 1. The molecule has 5 heteroatoms. The third kappa shape index (κ3) is 2.76. The van der Waals surface area contributed by atoms with Crippen LogP contribution in [0, 0.1) is 0 Å². The van der Waals surface area contributed by atoms with Gasteiger partial charge in [-0.25, -0.2) is 0 Å². The number of rotatable bonds is 3. The predicted molar refractivity (Wildman–Crippen MR) is 103 cm³/mol. The number of fused-ring (bicyclic) bond motifs is 3. The minimum atomic E-state index is -0.152. The van der Waals surface area contributed by atoms with Gasteiger partial charge in [0, 0.05) is 17.7 Å². The Morgan fingerprint density at radius 3 is 2.85 bits per heavy atom. The van der Waals surface area contributed by atoms with Crippen molar-refractivity contribution in [3.8, 4) is 11.5 Å². The van der Waals surface area contributed by atoms with Gasteiger partial charge in [-0.05, 0) is 35.6 Å². The lowest BCUT2D eigenvalue weighted by Gasteiger charge is -2.28. The van der Waals surface area contributed by atoms with Crippen LogP contribution in [0.5, 0.6) is 11.5 Å². The highest BCUT2D eigenvalue weighted by atomic mass is 35.5. The van der Waals surface area contributed by atoms with Crippen LogP contribution in [0.2, 0.25) is 5.02 Å². The van der Waals surface area contributed by atoms with Crippen LogP contribution < -0.4 is 10.1 Å². The zero-order valence-corrected chi connectivity index (χ0v) is 15.0. The van der Waals surface area contributed by atoms with Gasteiger partial charge in [0.1, 0.15) is 0 Å². The number of hydrogen-bond acceptors (Lipinski definition) is 3. The van der Waals surface area contributed by atoms with Crippen LogP contribution in [-0.4, -0.2) is 17.6 Å². The number of carbonyl (C=O) groups is 1. The second-order valence-electron chi connectivity index (χ2n) is 6.34. The summed E-state index contributed by atoms with van der Waals surface area (Å²) in [5.41, 5.74) is 2.72. The van der Waals surface area contributed by atoms with E-state index in [1.54, 1.807) is 12.1 Å². The Kier molecular flexibility index (Phi) is 4.21. The molecule has 0 saturated heterocycles. The van der Waals surface area contributed by atoms with E-state index in [4.69, 9.17) is 16.3 Å². The fourth-order valence-corrected chi connectivity index (χ4v) is 3.78. The molecule has 2 N–H and O–H groups in total. The quantitative estimate of drug-likeness (QED) is 0.679. The molecule has 0 aliphatic carbocycles. The highest BCUT2D eigenvalue weighted by Crippen LogP contribution is 2.44. The lowest BCUT2D eigenvalue weighted by atomic mass is 9.83. The van der Waals surface area contributed by atoms with E-state index < -0.39 is 0 Å². The lowest BCUT2D eigenvalue weighted by molar-refractivity contribution is -0.116. The number of ether oxygens (including phenoxy) is 1. The summed E-state index contributed by atoms with van der Waals surface area (Å²) in [6.45, 7) is 2.26. The van der Waals surface area contributed by atoms with Gasteiger partial charge in [0.25, 0.3) is 0 Å². The van der Waals surface area contributed by atoms with Gasteiger partial charge in [0.05, 0.1) is 17.3 Å². The molecule has 0 radical (unpaired) electrons. The Labute approximate surface area is 156 Å². The molecule has 0 bridgehead atoms. The second kappa shape index (κ2) is 6.54. The summed E-state index contributed by atoms with van der Waals surface area (Å²) in [7, 11) is 0. The Balaban J connectivity index is 1.89. The molecule has 0 spiro atoms. The maximum Gasteiger partial charge on any atom is 0.225 e. The van der Waals surface area contributed by atoms with Gasteiger partial charge >= 0.3 is 0 Å². The predicted octanol–water partition coefficient (Wildman–Crippen LogP) is 5.07. The Morgan fingerprint density at radius 2 is 2.04 bits per heavy atom. The van der Waals surface area contributed by atoms with Crippen LogP contribution in [0.25, 0.3) is 10.8 Å². The first-order valence-corrected chi connectivity index (χ1v) is 8.93. The highest BCUT2D eigenvalue weighted by molar-refractivity contribution is 6.32. The Morgan fingerprint density at radius 1 is 1.23 bits per heavy atom. The third-order valence-corrected chi connectivity index (χ3v) is 5.03. The molecule has 1 atom stereocenters. The van der Waals surface area contributed by atoms with E-state index in [2.05, 4.69) is 11.4 Å². The van der Waals surface area contributed by atoms with Crippen molar-refractivity contribution in [2.24, 2.45) is 0 Å². The van der Waals surface area contributed by atoms with Crippen molar-refractivity contribution in [3.05, 3.63) is 64.7 Å². The van der Waals surface area contributed by atoms with E-state index in [9.17, 15) is 9.90 Å². The van der Waals surface area contributed by atoms with Crippen molar-refractivity contribution in [3.63, 3.8) is 0 Å². The van der Waals surface area contributed by atoms with Crippen molar-refractivity contribution in [2.75, 3.05) is 11.9 Å². The third-order valence-electron chi connectivity index (χ3n) is 4.74. The summed E-state index contributed by atoms with van der Waals surface area (Å²) in [4.78, 5) is 12.4. The number of anilines is 1. The number of phenols is 1. The summed E-state index contributed by atoms with van der Waals surface area (Å²) in [6, 6.07) is 15.6. The van der Waals surface area contributed by atoms with Crippen LogP contribution in [-0.2, 0) is 4.79 Å². The number of carbonyl (C=O) groups excluding carboxylic acids is 1. The lowest BCUT2D eigenvalue weighted by Crippen LogP contribution is -2.23. The molecule has 1 amide bonds. The average Bonchev–Trinajstić information content (AvgIpc) is 2.64. The largest absolute Gasteiger partial charge is 0.503 e. The summed E-state index contributed by atoms with van der Waals surface area (Å²) in [5, 5.41) is 15.4. The van der Waals surface area contributed by atoms with E-state index in [1.165, 1.54) is 0 Å². The van der Waals surface area contributed by atoms with Crippen LogP contribution in [0.15, 0.2) is 48.5 Å². The zero-order chi connectivity index (χ0) is 18.3. The molecule has 0 saturated carbocycles. The number of hydrogen-bond donors (Lipinski definition) is 2. The van der Waals surface area contributed by atoms with Crippen LogP contribution in [0.1, 0.15) is 30.4 Å². The molecular formula is C21H18ClNO3. The van der Waals surface area contributed by atoms with E-state index in [0.717, 1.165) is 27.6 Å². The van der Waals surface area contributed by atoms with Crippen molar-refractivity contribution in [1.29, 1.82) is 0 Å².